The highest BCUT2D eigenvalue weighted by molar-refractivity contribution is 6.31. The number of hydrogen-bond acceptors (Lipinski definition) is 10. The second-order valence-corrected chi connectivity index (χ2v) is 17.7. The number of carboxylic acids is 2. The van der Waals surface area contributed by atoms with E-state index in [1.807, 2.05) is 0 Å². The average Bonchev–Trinajstić information content (AvgIpc) is 3.29. The molecule has 0 aliphatic heterocycles. The van der Waals surface area contributed by atoms with Gasteiger partial charge in [-0.05, 0) is 63.5 Å². The zero-order chi connectivity index (χ0) is 47.8. The van der Waals surface area contributed by atoms with Crippen LogP contribution < -0.4 is 28.4 Å². The summed E-state index contributed by atoms with van der Waals surface area (Å²) in [7, 11) is 0. The standard InChI is InChI=1S/C54H84O12/c1-5-9-13-25-33-61-43-39-41-47(53(51(43)63-35-27-15-11-7-3)65-37-29-21-17-19-23-31-45(55)56)50(60)42-40-44(62-34-26-14-10-6-2)52(64-36-28-16-12-8-4)54(48(42)49(41)59)66-38-30-22-18-20-24-32-46(57)58/h39-40H,5-38H2,1-4H3,(H,55,56)(H,57,58). The van der Waals surface area contributed by atoms with Gasteiger partial charge in [0.25, 0.3) is 0 Å². The predicted octanol–water partition coefficient (Wildman–Crippen LogP) is 13.9. The van der Waals surface area contributed by atoms with Crippen molar-refractivity contribution in [1.29, 1.82) is 0 Å². The van der Waals surface area contributed by atoms with Gasteiger partial charge in [0.1, 0.15) is 0 Å². The molecule has 1 aliphatic carbocycles. The van der Waals surface area contributed by atoms with Crippen LogP contribution in [0.15, 0.2) is 12.1 Å². The van der Waals surface area contributed by atoms with Crippen LogP contribution in [-0.2, 0) is 9.59 Å². The number of carboxylic acid groups (broad SMARTS) is 2. The maximum Gasteiger partial charge on any atom is 0.303 e. The molecule has 0 bridgehead atoms. The molecule has 0 saturated heterocycles. The van der Waals surface area contributed by atoms with Crippen LogP contribution in [0.25, 0.3) is 0 Å². The highest BCUT2D eigenvalue weighted by Crippen LogP contribution is 2.51. The Hall–Kier alpha value is -4.48. The minimum atomic E-state index is -0.796. The van der Waals surface area contributed by atoms with Gasteiger partial charge in [-0.1, -0.05) is 143 Å². The van der Waals surface area contributed by atoms with Crippen molar-refractivity contribution in [2.24, 2.45) is 0 Å². The first-order valence-corrected chi connectivity index (χ1v) is 25.9. The van der Waals surface area contributed by atoms with Crippen LogP contribution in [0, 0.1) is 0 Å². The molecule has 0 fully saturated rings. The van der Waals surface area contributed by atoms with Gasteiger partial charge in [0, 0.05) is 24.0 Å². The predicted molar refractivity (Wildman–Crippen MR) is 260 cm³/mol. The van der Waals surface area contributed by atoms with Crippen molar-refractivity contribution in [3.05, 3.63) is 34.4 Å². The Bertz CT molecular complexity index is 1610. The second kappa shape index (κ2) is 33.9. The summed E-state index contributed by atoms with van der Waals surface area (Å²) in [6.07, 6.45) is 23.5. The Morgan fingerprint density at radius 2 is 0.621 bits per heavy atom. The largest absolute Gasteiger partial charge is 0.490 e. The summed E-state index contributed by atoms with van der Waals surface area (Å²) in [4.78, 5) is 52.6. The second-order valence-electron chi connectivity index (χ2n) is 17.7. The summed E-state index contributed by atoms with van der Waals surface area (Å²) in [6, 6.07) is 3.30. The molecule has 0 unspecified atom stereocenters. The number of hydrogen-bond donors (Lipinski definition) is 2. The van der Waals surface area contributed by atoms with Gasteiger partial charge < -0.3 is 38.6 Å². The molecule has 12 heteroatoms. The first-order valence-electron chi connectivity index (χ1n) is 25.9. The minimum Gasteiger partial charge on any atom is -0.490 e. The molecule has 0 aromatic heterocycles. The maximum atomic E-state index is 15.3. The first-order chi connectivity index (χ1) is 32.2. The molecule has 3 rings (SSSR count). The minimum absolute atomic E-state index is 0.130. The SMILES string of the molecule is CCCCCCOc1cc2c(c(OCCCCCCCC(=O)O)c1OCCCCCC)C(=O)c1cc(OCCCCCC)c(OCCCCCC)c(OCCCCCCCC(=O)O)c1C2=O. The summed E-state index contributed by atoms with van der Waals surface area (Å²) >= 11 is 0. The number of benzene rings is 2. The van der Waals surface area contributed by atoms with E-state index in [9.17, 15) is 9.59 Å². The van der Waals surface area contributed by atoms with E-state index in [0.29, 0.717) is 75.1 Å². The van der Waals surface area contributed by atoms with E-state index in [-0.39, 0.29) is 59.8 Å². The van der Waals surface area contributed by atoms with Crippen molar-refractivity contribution in [2.45, 2.75) is 207 Å². The summed E-state index contributed by atoms with van der Waals surface area (Å²) in [6.45, 7) is 10.7. The van der Waals surface area contributed by atoms with Gasteiger partial charge in [-0.15, -0.1) is 0 Å². The Morgan fingerprint density at radius 1 is 0.364 bits per heavy atom. The topological polar surface area (TPSA) is 164 Å². The summed E-state index contributed by atoms with van der Waals surface area (Å²) in [5, 5.41) is 18.1. The molecule has 0 amide bonds. The zero-order valence-electron chi connectivity index (χ0n) is 41.2. The van der Waals surface area contributed by atoms with Crippen LogP contribution in [0.4, 0.5) is 0 Å². The zero-order valence-corrected chi connectivity index (χ0v) is 41.2. The van der Waals surface area contributed by atoms with Crippen LogP contribution in [0.2, 0.25) is 0 Å². The lowest BCUT2D eigenvalue weighted by molar-refractivity contribution is -0.138. The van der Waals surface area contributed by atoms with E-state index < -0.39 is 23.5 Å². The molecule has 12 nitrogen and oxygen atoms in total. The lowest BCUT2D eigenvalue weighted by Gasteiger charge is -2.27. The van der Waals surface area contributed by atoms with Gasteiger partial charge in [-0.3, -0.25) is 19.2 Å². The number of ketones is 2. The molecule has 0 radical (unpaired) electrons. The molecule has 0 spiro atoms. The fourth-order valence-electron chi connectivity index (χ4n) is 8.07. The number of ether oxygens (including phenoxy) is 6. The molecule has 372 valence electrons. The Labute approximate surface area is 396 Å². The normalized spacial score (nSPS) is 11.9. The highest BCUT2D eigenvalue weighted by atomic mass is 16.5. The van der Waals surface area contributed by atoms with Crippen molar-refractivity contribution < 1.29 is 57.8 Å². The fourth-order valence-corrected chi connectivity index (χ4v) is 8.07. The van der Waals surface area contributed by atoms with Crippen LogP contribution in [-0.4, -0.2) is 73.4 Å². The van der Waals surface area contributed by atoms with E-state index in [2.05, 4.69) is 27.7 Å². The third kappa shape index (κ3) is 19.8. The number of unbranched alkanes of at least 4 members (excludes halogenated alkanes) is 20. The van der Waals surface area contributed by atoms with Gasteiger partial charge in [0.2, 0.25) is 11.5 Å². The lowest BCUT2D eigenvalue weighted by atomic mass is 9.82. The summed E-state index contributed by atoms with van der Waals surface area (Å²) in [5.41, 5.74) is 0.572. The molecule has 2 aromatic rings. The van der Waals surface area contributed by atoms with Gasteiger partial charge in [-0.2, -0.15) is 0 Å². The molecule has 2 aromatic carbocycles. The molecule has 1 aliphatic rings. The third-order valence-corrected chi connectivity index (χ3v) is 11.9. The van der Waals surface area contributed by atoms with E-state index >= 15 is 9.59 Å². The third-order valence-electron chi connectivity index (χ3n) is 11.9. The molecule has 0 atom stereocenters. The van der Waals surface area contributed by atoms with Gasteiger partial charge in [0.15, 0.2) is 34.6 Å². The fraction of sp³-hybridized carbons (Fsp3) is 0.704. The summed E-state index contributed by atoms with van der Waals surface area (Å²) in [5.74, 6) is -0.624. The quantitative estimate of drug-likeness (QED) is 0.0518. The molecule has 2 N–H and O–H groups in total. The Kier molecular flexibility index (Phi) is 28.7. The van der Waals surface area contributed by atoms with Crippen LogP contribution in [0.1, 0.15) is 239 Å². The van der Waals surface area contributed by atoms with Crippen LogP contribution in [0.5, 0.6) is 34.5 Å². The molecule has 0 heterocycles. The summed E-state index contributed by atoms with van der Waals surface area (Å²) < 4.78 is 39.2. The van der Waals surface area contributed by atoms with E-state index in [1.54, 1.807) is 12.1 Å². The number of rotatable bonds is 42. The number of aliphatic carboxylic acids is 2. The van der Waals surface area contributed by atoms with Gasteiger partial charge in [0.05, 0.1) is 50.8 Å². The number of carbonyl (C=O) groups excluding carboxylic acids is 2. The van der Waals surface area contributed by atoms with E-state index in [1.165, 1.54) is 0 Å². The van der Waals surface area contributed by atoms with Crippen LogP contribution in [0.3, 0.4) is 0 Å². The van der Waals surface area contributed by atoms with Crippen LogP contribution >= 0.6 is 0 Å². The van der Waals surface area contributed by atoms with Crippen molar-refractivity contribution >= 4 is 23.5 Å². The smallest absolute Gasteiger partial charge is 0.303 e. The Balaban J connectivity index is 2.17. The van der Waals surface area contributed by atoms with Gasteiger partial charge >= 0.3 is 11.9 Å². The van der Waals surface area contributed by atoms with E-state index in [4.69, 9.17) is 38.6 Å². The van der Waals surface area contributed by atoms with Crippen molar-refractivity contribution in [3.8, 4) is 34.5 Å². The highest BCUT2D eigenvalue weighted by Gasteiger charge is 2.41. The maximum absolute atomic E-state index is 15.3. The van der Waals surface area contributed by atoms with Gasteiger partial charge in [-0.25, -0.2) is 0 Å². The molecule has 0 saturated carbocycles. The van der Waals surface area contributed by atoms with Crippen molar-refractivity contribution in [3.63, 3.8) is 0 Å². The first kappa shape index (κ1) is 55.8. The van der Waals surface area contributed by atoms with Crippen molar-refractivity contribution in [2.75, 3.05) is 39.6 Å². The van der Waals surface area contributed by atoms with Crippen molar-refractivity contribution in [1.82, 2.24) is 0 Å². The molecular weight excluding hydrogens is 841 g/mol. The Morgan fingerprint density at radius 3 is 0.924 bits per heavy atom. The lowest BCUT2D eigenvalue weighted by Crippen LogP contribution is -2.25. The average molecular weight is 925 g/mol. The molecule has 66 heavy (non-hydrogen) atoms. The monoisotopic (exact) mass is 925 g/mol. The molecular formula is C54H84O12. The number of fused-ring (bicyclic) bond motifs is 2. The van der Waals surface area contributed by atoms with E-state index in [0.717, 1.165) is 141 Å². The number of carbonyl (C=O) groups is 4.